The van der Waals surface area contributed by atoms with Crippen LogP contribution in [0.5, 0.6) is 0 Å². The lowest BCUT2D eigenvalue weighted by Crippen LogP contribution is -1.97. The number of benzene rings is 1. The summed E-state index contributed by atoms with van der Waals surface area (Å²) >= 11 is 1.30. The van der Waals surface area contributed by atoms with Crippen molar-refractivity contribution in [3.05, 3.63) is 34.5 Å². The zero-order valence-corrected chi connectivity index (χ0v) is 10.5. The van der Waals surface area contributed by atoms with E-state index in [1.54, 1.807) is 6.92 Å². The molecule has 3 nitrogen and oxygen atoms in total. The number of nitrogen functional groups attached to an aromatic ring is 1. The highest BCUT2D eigenvalue weighted by molar-refractivity contribution is 7.15. The minimum atomic E-state index is -0.777. The number of rotatable bonds is 3. The van der Waals surface area contributed by atoms with Crippen LogP contribution < -0.4 is 5.73 Å². The third-order valence-electron chi connectivity index (χ3n) is 2.48. The first kappa shape index (κ1) is 12.9. The molecule has 3 N–H and O–H groups in total. The van der Waals surface area contributed by atoms with Crippen LogP contribution in [0.2, 0.25) is 0 Å². The number of nitrogens with zero attached hydrogens (tertiary/aromatic N) is 1. The van der Waals surface area contributed by atoms with Gasteiger partial charge in [-0.05, 0) is 13.0 Å². The minimum absolute atomic E-state index is 0.0749. The van der Waals surface area contributed by atoms with Crippen LogP contribution >= 0.6 is 11.3 Å². The van der Waals surface area contributed by atoms with Gasteiger partial charge in [0.1, 0.15) is 11.6 Å². The highest BCUT2D eigenvalue weighted by atomic mass is 32.1. The highest BCUT2D eigenvalue weighted by Crippen LogP contribution is 2.34. The predicted molar refractivity (Wildman–Crippen MR) is 67.4 cm³/mol. The second-order valence-corrected chi connectivity index (χ2v) is 5.04. The standard InChI is InChI=1S/C12H12F2N2OS/c1-6-16-11(2-3-17)12(18-6)7-4-10(15)9(14)5-8(7)13/h4-5,17H,2-3,15H2,1H3. The van der Waals surface area contributed by atoms with E-state index in [0.29, 0.717) is 17.0 Å². The summed E-state index contributed by atoms with van der Waals surface area (Å²) in [5.74, 6) is -1.45. The van der Waals surface area contributed by atoms with Crippen LogP contribution in [0.3, 0.4) is 0 Å². The quantitative estimate of drug-likeness (QED) is 0.842. The van der Waals surface area contributed by atoms with Crippen molar-refractivity contribution in [3.8, 4) is 10.4 Å². The van der Waals surface area contributed by atoms with Gasteiger partial charge in [0.25, 0.3) is 0 Å². The second-order valence-electron chi connectivity index (χ2n) is 3.84. The molecule has 1 heterocycles. The number of anilines is 1. The average Bonchev–Trinajstić information content (AvgIpc) is 2.65. The molecule has 0 saturated carbocycles. The van der Waals surface area contributed by atoms with E-state index in [4.69, 9.17) is 10.8 Å². The third kappa shape index (κ3) is 2.34. The first-order valence-electron chi connectivity index (χ1n) is 5.35. The van der Waals surface area contributed by atoms with Crippen molar-refractivity contribution in [2.45, 2.75) is 13.3 Å². The summed E-state index contributed by atoms with van der Waals surface area (Å²) < 4.78 is 26.9. The van der Waals surface area contributed by atoms with Crippen molar-refractivity contribution in [3.63, 3.8) is 0 Å². The zero-order chi connectivity index (χ0) is 13.3. The lowest BCUT2D eigenvalue weighted by molar-refractivity contribution is 0.298. The van der Waals surface area contributed by atoms with Crippen LogP contribution in [-0.4, -0.2) is 16.7 Å². The smallest absolute Gasteiger partial charge is 0.149 e. The maximum absolute atomic E-state index is 13.8. The van der Waals surface area contributed by atoms with Crippen molar-refractivity contribution >= 4 is 17.0 Å². The Morgan fingerprint density at radius 1 is 1.33 bits per heavy atom. The van der Waals surface area contributed by atoms with Gasteiger partial charge in [0, 0.05) is 24.7 Å². The normalized spacial score (nSPS) is 10.9. The maximum Gasteiger partial charge on any atom is 0.149 e. The van der Waals surface area contributed by atoms with Crippen LogP contribution in [-0.2, 0) is 6.42 Å². The fraction of sp³-hybridized carbons (Fsp3) is 0.250. The van der Waals surface area contributed by atoms with E-state index in [-0.39, 0.29) is 17.9 Å². The molecule has 1 aromatic carbocycles. The Hall–Kier alpha value is -1.53. The number of halogens is 2. The van der Waals surface area contributed by atoms with Crippen LogP contribution in [0.25, 0.3) is 10.4 Å². The summed E-state index contributed by atoms with van der Waals surface area (Å²) in [7, 11) is 0. The molecular weight excluding hydrogens is 258 g/mol. The molecule has 0 aliphatic carbocycles. The minimum Gasteiger partial charge on any atom is -0.396 e. The first-order chi connectivity index (χ1) is 8.52. The molecule has 0 amide bonds. The topological polar surface area (TPSA) is 59.1 Å². The highest BCUT2D eigenvalue weighted by Gasteiger charge is 2.16. The summed E-state index contributed by atoms with van der Waals surface area (Å²) in [6, 6.07) is 2.03. The van der Waals surface area contributed by atoms with Crippen molar-refractivity contribution in [1.29, 1.82) is 0 Å². The Morgan fingerprint density at radius 2 is 2.06 bits per heavy atom. The molecule has 2 rings (SSSR count). The van der Waals surface area contributed by atoms with E-state index in [0.717, 1.165) is 11.1 Å². The Morgan fingerprint density at radius 3 is 2.72 bits per heavy atom. The Kier molecular flexibility index (Phi) is 3.58. The summed E-state index contributed by atoms with van der Waals surface area (Å²) in [4.78, 5) is 4.82. The van der Waals surface area contributed by atoms with E-state index >= 15 is 0 Å². The summed E-state index contributed by atoms with van der Waals surface area (Å²) in [6.07, 6.45) is 0.330. The molecule has 2 aromatic rings. The second kappa shape index (κ2) is 4.99. The predicted octanol–water partition coefficient (Wildman–Crippen LogP) is 2.51. The monoisotopic (exact) mass is 270 g/mol. The Bertz CT molecular complexity index is 584. The van der Waals surface area contributed by atoms with Crippen LogP contribution in [0.1, 0.15) is 10.7 Å². The van der Waals surface area contributed by atoms with Gasteiger partial charge in [-0.3, -0.25) is 0 Å². The first-order valence-corrected chi connectivity index (χ1v) is 6.16. The Labute approximate surface area is 107 Å². The zero-order valence-electron chi connectivity index (χ0n) is 9.70. The van der Waals surface area contributed by atoms with E-state index in [1.165, 1.54) is 17.4 Å². The Balaban J connectivity index is 2.57. The van der Waals surface area contributed by atoms with Gasteiger partial charge in [0.2, 0.25) is 0 Å². The van der Waals surface area contributed by atoms with Gasteiger partial charge in [-0.1, -0.05) is 0 Å². The molecule has 0 unspecified atom stereocenters. The summed E-state index contributed by atoms with van der Waals surface area (Å²) in [5.41, 5.74) is 6.17. The van der Waals surface area contributed by atoms with Crippen molar-refractivity contribution in [2.75, 3.05) is 12.3 Å². The van der Waals surface area contributed by atoms with Gasteiger partial charge in [0.15, 0.2) is 0 Å². The van der Waals surface area contributed by atoms with Gasteiger partial charge in [0.05, 0.1) is 21.3 Å². The summed E-state index contributed by atoms with van der Waals surface area (Å²) in [6.45, 7) is 1.72. The molecule has 0 spiro atoms. The molecule has 6 heteroatoms. The molecule has 0 fully saturated rings. The van der Waals surface area contributed by atoms with E-state index in [1.807, 2.05) is 0 Å². The van der Waals surface area contributed by atoms with Gasteiger partial charge in [-0.2, -0.15) is 0 Å². The number of hydrogen-bond donors (Lipinski definition) is 2. The largest absolute Gasteiger partial charge is 0.396 e. The van der Waals surface area contributed by atoms with Crippen molar-refractivity contribution < 1.29 is 13.9 Å². The molecule has 0 aliphatic rings. The molecule has 0 atom stereocenters. The van der Waals surface area contributed by atoms with Crippen LogP contribution in [0.4, 0.5) is 14.5 Å². The molecular formula is C12H12F2N2OS. The molecule has 0 saturated heterocycles. The fourth-order valence-electron chi connectivity index (χ4n) is 1.70. The maximum atomic E-state index is 13.8. The molecule has 96 valence electrons. The van der Waals surface area contributed by atoms with Gasteiger partial charge in [-0.25, -0.2) is 13.8 Å². The molecule has 18 heavy (non-hydrogen) atoms. The lowest BCUT2D eigenvalue weighted by Gasteiger charge is -2.05. The average molecular weight is 270 g/mol. The molecule has 0 bridgehead atoms. The number of hydrogen-bond acceptors (Lipinski definition) is 4. The summed E-state index contributed by atoms with van der Waals surface area (Å²) in [5, 5.41) is 9.71. The number of aliphatic hydroxyl groups is 1. The lowest BCUT2D eigenvalue weighted by atomic mass is 10.1. The molecule has 1 aromatic heterocycles. The van der Waals surface area contributed by atoms with Gasteiger partial charge < -0.3 is 10.8 Å². The number of aryl methyl sites for hydroxylation is 1. The van der Waals surface area contributed by atoms with Crippen molar-refractivity contribution in [1.82, 2.24) is 4.98 Å². The van der Waals surface area contributed by atoms with Crippen LogP contribution in [0.15, 0.2) is 12.1 Å². The number of aromatic nitrogens is 1. The number of aliphatic hydroxyl groups excluding tert-OH is 1. The molecule has 0 aliphatic heterocycles. The number of nitrogens with two attached hydrogens (primary N) is 1. The van der Waals surface area contributed by atoms with Gasteiger partial charge in [-0.15, -0.1) is 11.3 Å². The fourth-order valence-corrected chi connectivity index (χ4v) is 2.68. The van der Waals surface area contributed by atoms with Gasteiger partial charge >= 0.3 is 0 Å². The van der Waals surface area contributed by atoms with E-state index < -0.39 is 11.6 Å². The van der Waals surface area contributed by atoms with E-state index in [9.17, 15) is 8.78 Å². The molecule has 0 radical (unpaired) electrons. The SMILES string of the molecule is Cc1nc(CCO)c(-c2cc(N)c(F)cc2F)s1. The van der Waals surface area contributed by atoms with E-state index in [2.05, 4.69) is 4.98 Å². The third-order valence-corrected chi connectivity index (χ3v) is 3.53. The van der Waals surface area contributed by atoms with Crippen molar-refractivity contribution in [2.24, 2.45) is 0 Å². The van der Waals surface area contributed by atoms with Crippen LogP contribution in [0, 0.1) is 18.6 Å². The number of thiazole rings is 1.